The van der Waals surface area contributed by atoms with Gasteiger partial charge in [-0.3, -0.25) is 0 Å². The van der Waals surface area contributed by atoms with Gasteiger partial charge in [0.25, 0.3) is 0 Å². The molecule has 142 valence electrons. The second-order valence-corrected chi connectivity index (χ2v) is 7.03. The van der Waals surface area contributed by atoms with Gasteiger partial charge in [0, 0.05) is 12.6 Å². The molecule has 26 heavy (non-hydrogen) atoms. The molecule has 1 heterocycles. The molecular weight excluding hydrogens is 378 g/mol. The van der Waals surface area contributed by atoms with Gasteiger partial charge in [0.2, 0.25) is 15.9 Å². The van der Waals surface area contributed by atoms with Crippen molar-refractivity contribution in [3.05, 3.63) is 47.9 Å². The highest BCUT2D eigenvalue weighted by molar-refractivity contribution is 7.89. The van der Waals surface area contributed by atoms with E-state index in [4.69, 9.17) is 4.74 Å². The monoisotopic (exact) mass is 393 g/mol. The van der Waals surface area contributed by atoms with Crippen LogP contribution in [0, 0.1) is 5.82 Å². The Morgan fingerprint density at radius 3 is 2.35 bits per heavy atom. The number of halogens is 4. The summed E-state index contributed by atoms with van der Waals surface area (Å²) in [6, 6.07) is 1.96. The fourth-order valence-electron chi connectivity index (χ4n) is 2.36. The van der Waals surface area contributed by atoms with Crippen molar-refractivity contribution in [2.75, 3.05) is 13.7 Å². The second-order valence-electron chi connectivity index (χ2n) is 5.14. The number of methoxy groups -OCH3 is 1. The summed E-state index contributed by atoms with van der Waals surface area (Å²) in [6.45, 7) is 0.792. The lowest BCUT2D eigenvalue weighted by molar-refractivity contribution is -0.173. The van der Waals surface area contributed by atoms with Crippen LogP contribution >= 0.6 is 0 Å². The molecule has 0 saturated carbocycles. The molecule has 0 aliphatic carbocycles. The maximum absolute atomic E-state index is 13.7. The second kappa shape index (κ2) is 7.54. The van der Waals surface area contributed by atoms with Crippen molar-refractivity contribution < 1.29 is 30.7 Å². The van der Waals surface area contributed by atoms with Gasteiger partial charge < -0.3 is 4.74 Å². The third-order valence-electron chi connectivity index (χ3n) is 3.52. The molecule has 6 nitrogen and oxygen atoms in total. The summed E-state index contributed by atoms with van der Waals surface area (Å²) in [4.78, 5) is -0.498. The third kappa shape index (κ3) is 4.10. The van der Waals surface area contributed by atoms with Crippen LogP contribution in [0.3, 0.4) is 0 Å². The molecule has 0 amide bonds. The molecular formula is C15H15F4N3O3S. The largest absolute Gasteiger partial charge is 0.480 e. The predicted molar refractivity (Wildman–Crippen MR) is 83.3 cm³/mol. The van der Waals surface area contributed by atoms with Gasteiger partial charge in [-0.25, -0.2) is 12.8 Å². The average molecular weight is 393 g/mol. The highest BCUT2D eigenvalue weighted by Gasteiger charge is 2.48. The summed E-state index contributed by atoms with van der Waals surface area (Å²) < 4.78 is 84.7. The van der Waals surface area contributed by atoms with E-state index in [0.717, 1.165) is 36.5 Å². The molecule has 2 rings (SSSR count). The molecule has 1 atom stereocenters. The minimum absolute atomic E-state index is 0.160. The first-order valence-corrected chi connectivity index (χ1v) is 8.76. The molecule has 0 radical (unpaired) electrons. The van der Waals surface area contributed by atoms with Crippen LogP contribution < -0.4 is 4.74 Å². The number of benzene rings is 1. The third-order valence-corrected chi connectivity index (χ3v) is 5.42. The number of hydrogen-bond donors (Lipinski definition) is 0. The zero-order valence-corrected chi connectivity index (χ0v) is 14.6. The highest BCUT2D eigenvalue weighted by atomic mass is 32.2. The van der Waals surface area contributed by atoms with E-state index in [-0.39, 0.29) is 10.2 Å². The molecule has 1 aromatic carbocycles. The Labute approximate surface area is 147 Å². The fraction of sp³-hybridized carbons (Fsp3) is 0.333. The standard InChI is InChI=1S/C15H15F4N3O3S/c1-3-22(26(23,24)12-8-13(25-2)21-20-9-12)14(15(17,18)19)10-4-6-11(16)7-5-10/h4-9,14H,3H2,1-2H3. The molecule has 0 spiro atoms. The van der Waals surface area contributed by atoms with Gasteiger partial charge in [-0.1, -0.05) is 19.1 Å². The number of hydrogen-bond acceptors (Lipinski definition) is 5. The quantitative estimate of drug-likeness (QED) is 0.706. The van der Waals surface area contributed by atoms with Crippen molar-refractivity contribution in [2.24, 2.45) is 0 Å². The lowest BCUT2D eigenvalue weighted by atomic mass is 10.1. The Bertz CT molecular complexity index is 857. The summed E-state index contributed by atoms with van der Waals surface area (Å²) in [5.41, 5.74) is -0.404. The van der Waals surface area contributed by atoms with Gasteiger partial charge in [-0.05, 0) is 17.7 Å². The van der Waals surface area contributed by atoms with Crippen molar-refractivity contribution in [3.63, 3.8) is 0 Å². The number of rotatable bonds is 6. The Hall–Kier alpha value is -2.27. The van der Waals surface area contributed by atoms with E-state index in [9.17, 15) is 26.0 Å². The van der Waals surface area contributed by atoms with Crippen LogP contribution in [0.15, 0.2) is 41.4 Å². The van der Waals surface area contributed by atoms with Gasteiger partial charge in [0.15, 0.2) is 0 Å². The number of ether oxygens (including phenoxy) is 1. The number of alkyl halides is 3. The highest BCUT2D eigenvalue weighted by Crippen LogP contribution is 2.40. The van der Waals surface area contributed by atoms with E-state index in [0.29, 0.717) is 0 Å². The number of aromatic nitrogens is 2. The molecule has 1 unspecified atom stereocenters. The topological polar surface area (TPSA) is 72.4 Å². The molecule has 0 N–H and O–H groups in total. The van der Waals surface area contributed by atoms with E-state index in [1.807, 2.05) is 0 Å². The summed E-state index contributed by atoms with van der Waals surface area (Å²) in [5.74, 6) is -0.892. The van der Waals surface area contributed by atoms with E-state index in [1.54, 1.807) is 0 Å². The first kappa shape index (κ1) is 20.0. The van der Waals surface area contributed by atoms with Crippen LogP contribution in [-0.2, 0) is 10.0 Å². The Balaban J connectivity index is 2.58. The van der Waals surface area contributed by atoms with Crippen molar-refractivity contribution in [2.45, 2.75) is 24.0 Å². The Morgan fingerprint density at radius 2 is 1.85 bits per heavy atom. The minimum atomic E-state index is -4.93. The first-order valence-electron chi connectivity index (χ1n) is 7.32. The van der Waals surface area contributed by atoms with Crippen molar-refractivity contribution in [1.29, 1.82) is 0 Å². The van der Waals surface area contributed by atoms with E-state index in [1.165, 1.54) is 14.0 Å². The van der Waals surface area contributed by atoms with Gasteiger partial charge in [0.05, 0.1) is 13.3 Å². The maximum atomic E-state index is 13.7. The van der Waals surface area contributed by atoms with Crippen LogP contribution in [-0.4, -0.2) is 42.8 Å². The lowest BCUT2D eigenvalue weighted by Crippen LogP contribution is -2.42. The lowest BCUT2D eigenvalue weighted by Gasteiger charge is -2.31. The summed E-state index contributed by atoms with van der Waals surface area (Å²) >= 11 is 0. The van der Waals surface area contributed by atoms with Gasteiger partial charge >= 0.3 is 6.18 Å². The first-order chi connectivity index (χ1) is 12.1. The normalized spacial score (nSPS) is 13.7. The van der Waals surface area contributed by atoms with Gasteiger partial charge in [-0.15, -0.1) is 5.10 Å². The molecule has 0 aliphatic heterocycles. The summed E-state index contributed by atoms with van der Waals surface area (Å²) in [7, 11) is -3.37. The SMILES string of the molecule is CCN(C(c1ccc(F)cc1)C(F)(F)F)S(=O)(=O)c1cnnc(OC)c1. The van der Waals surface area contributed by atoms with Crippen LogP contribution in [0.5, 0.6) is 5.88 Å². The van der Waals surface area contributed by atoms with Gasteiger partial charge in [0.1, 0.15) is 16.8 Å². The number of sulfonamides is 1. The van der Waals surface area contributed by atoms with Gasteiger partial charge in [-0.2, -0.15) is 22.6 Å². The summed E-state index contributed by atoms with van der Waals surface area (Å²) in [5, 5.41) is 6.93. The molecule has 0 fully saturated rings. The van der Waals surface area contributed by atoms with Crippen LogP contribution in [0.4, 0.5) is 17.6 Å². The van der Waals surface area contributed by atoms with Crippen molar-refractivity contribution >= 4 is 10.0 Å². The predicted octanol–water partition coefficient (Wildman–Crippen LogP) is 2.94. The van der Waals surface area contributed by atoms with Crippen LogP contribution in [0.25, 0.3) is 0 Å². The zero-order chi connectivity index (χ0) is 19.5. The molecule has 2 aromatic rings. The van der Waals surface area contributed by atoms with E-state index >= 15 is 0 Å². The van der Waals surface area contributed by atoms with Crippen LogP contribution in [0.2, 0.25) is 0 Å². The smallest absolute Gasteiger partial charge is 0.409 e. The number of nitrogens with zero attached hydrogens (tertiary/aromatic N) is 3. The fourth-order valence-corrected chi connectivity index (χ4v) is 3.92. The summed E-state index contributed by atoms with van der Waals surface area (Å²) in [6.07, 6.45) is -4.09. The molecule has 0 aliphatic rings. The molecule has 11 heteroatoms. The van der Waals surface area contributed by atoms with E-state index < -0.39 is 45.1 Å². The van der Waals surface area contributed by atoms with Crippen molar-refractivity contribution in [1.82, 2.24) is 14.5 Å². The maximum Gasteiger partial charge on any atom is 0.409 e. The minimum Gasteiger partial charge on any atom is -0.480 e. The average Bonchev–Trinajstić information content (AvgIpc) is 2.59. The molecule has 1 aromatic heterocycles. The van der Waals surface area contributed by atoms with E-state index in [2.05, 4.69) is 10.2 Å². The van der Waals surface area contributed by atoms with Crippen LogP contribution in [0.1, 0.15) is 18.5 Å². The molecule has 0 bridgehead atoms. The Morgan fingerprint density at radius 1 is 1.23 bits per heavy atom. The molecule has 0 saturated heterocycles. The zero-order valence-electron chi connectivity index (χ0n) is 13.7. The Kier molecular flexibility index (Phi) is 5.81. The van der Waals surface area contributed by atoms with Crippen molar-refractivity contribution in [3.8, 4) is 5.88 Å².